The van der Waals surface area contributed by atoms with Crippen LogP contribution in [0, 0.1) is 5.41 Å². The Morgan fingerprint density at radius 2 is 2.11 bits per heavy atom. The van der Waals surface area contributed by atoms with E-state index < -0.39 is 0 Å². The third-order valence-corrected chi connectivity index (χ3v) is 7.01. The normalized spacial score (nSPS) is 21.1. The topological polar surface area (TPSA) is 0 Å². The van der Waals surface area contributed by atoms with Gasteiger partial charge in [-0.05, 0) is 42.2 Å². The molecule has 0 amide bonds. The number of unbranched alkanes of at least 4 members (excludes halogenated alkanes) is 1. The van der Waals surface area contributed by atoms with Crippen LogP contribution in [0.25, 0.3) is 0 Å². The largest absolute Gasteiger partial charge is 0.125 e. The summed E-state index contributed by atoms with van der Waals surface area (Å²) in [5.41, 5.74) is 2.10. The van der Waals surface area contributed by atoms with Crippen molar-refractivity contribution in [1.29, 1.82) is 0 Å². The zero-order valence-corrected chi connectivity index (χ0v) is 14.5. The number of fused-ring (bicyclic) bond motifs is 1. The Morgan fingerprint density at radius 3 is 2.79 bits per heavy atom. The Labute approximate surface area is 130 Å². The molecule has 0 saturated carbocycles. The van der Waals surface area contributed by atoms with Crippen molar-refractivity contribution in [2.75, 3.05) is 11.1 Å². The zero-order valence-electron chi connectivity index (χ0n) is 12.1. The number of hydrogen-bond acceptors (Lipinski definition) is 1. The van der Waals surface area contributed by atoms with E-state index in [0.29, 0.717) is 5.41 Å². The fourth-order valence-electron chi connectivity index (χ4n) is 3.11. The third-order valence-electron chi connectivity index (χ3n) is 4.57. The molecule has 0 bridgehead atoms. The van der Waals surface area contributed by atoms with Gasteiger partial charge in [-0.25, -0.2) is 0 Å². The molecule has 1 heterocycles. The van der Waals surface area contributed by atoms with E-state index in [0.717, 1.165) is 11.2 Å². The Morgan fingerprint density at radius 1 is 1.32 bits per heavy atom. The molecule has 0 N–H and O–H groups in total. The molecule has 106 valence electrons. The first-order valence-corrected chi connectivity index (χ1v) is 9.63. The predicted molar refractivity (Wildman–Crippen MR) is 90.6 cm³/mol. The van der Waals surface area contributed by atoms with Gasteiger partial charge in [0.1, 0.15) is 0 Å². The van der Waals surface area contributed by atoms with Crippen molar-refractivity contribution in [2.45, 2.75) is 56.8 Å². The summed E-state index contributed by atoms with van der Waals surface area (Å²) in [6.07, 6.45) is 6.68. The summed E-state index contributed by atoms with van der Waals surface area (Å²) in [6.45, 7) is 4.67. The standard InChI is InChI=1S/C17H25BrS/c1-3-5-10-17(4-2,13-18)11-14-12-19-16-9-7-6-8-15(14)16/h6-9,14H,3-5,10-13H2,1-2H3. The van der Waals surface area contributed by atoms with Gasteiger partial charge in [-0.2, -0.15) is 0 Å². The van der Waals surface area contributed by atoms with Crippen LogP contribution in [-0.2, 0) is 0 Å². The van der Waals surface area contributed by atoms with Crippen molar-refractivity contribution in [3.8, 4) is 0 Å². The summed E-state index contributed by atoms with van der Waals surface area (Å²) >= 11 is 5.85. The first-order chi connectivity index (χ1) is 9.24. The maximum atomic E-state index is 3.80. The minimum absolute atomic E-state index is 0.499. The molecule has 1 aliphatic heterocycles. The summed E-state index contributed by atoms with van der Waals surface area (Å²) < 4.78 is 0. The highest BCUT2D eigenvalue weighted by Crippen LogP contribution is 2.47. The highest BCUT2D eigenvalue weighted by Gasteiger charge is 2.33. The highest BCUT2D eigenvalue weighted by molar-refractivity contribution is 9.09. The van der Waals surface area contributed by atoms with Gasteiger partial charge in [0.05, 0.1) is 0 Å². The average molecular weight is 341 g/mol. The fourth-order valence-corrected chi connectivity index (χ4v) is 5.27. The first kappa shape index (κ1) is 15.4. The van der Waals surface area contributed by atoms with E-state index in [9.17, 15) is 0 Å². The second-order valence-corrected chi connectivity index (χ2v) is 7.46. The zero-order chi connectivity index (χ0) is 13.7. The van der Waals surface area contributed by atoms with E-state index in [1.54, 1.807) is 5.56 Å². The molecule has 1 aromatic rings. The van der Waals surface area contributed by atoms with Crippen LogP contribution in [0.1, 0.15) is 57.4 Å². The van der Waals surface area contributed by atoms with Gasteiger partial charge >= 0.3 is 0 Å². The SMILES string of the molecule is CCCCC(CC)(CBr)CC1CSc2ccccc21. The Hall–Kier alpha value is 0.0500. The molecule has 2 unspecified atom stereocenters. The number of alkyl halides is 1. The molecule has 2 heteroatoms. The average Bonchev–Trinajstić information content (AvgIpc) is 2.87. The molecular formula is C17H25BrS. The van der Waals surface area contributed by atoms with Gasteiger partial charge in [-0.3, -0.25) is 0 Å². The molecule has 0 saturated heterocycles. The van der Waals surface area contributed by atoms with E-state index in [1.807, 2.05) is 11.8 Å². The summed E-state index contributed by atoms with van der Waals surface area (Å²) in [5, 5.41) is 1.15. The van der Waals surface area contributed by atoms with E-state index >= 15 is 0 Å². The fraction of sp³-hybridized carbons (Fsp3) is 0.647. The molecule has 19 heavy (non-hydrogen) atoms. The highest BCUT2D eigenvalue weighted by atomic mass is 79.9. The van der Waals surface area contributed by atoms with Gasteiger partial charge in [0, 0.05) is 16.0 Å². The number of benzene rings is 1. The maximum absolute atomic E-state index is 3.80. The lowest BCUT2D eigenvalue weighted by Gasteiger charge is -2.33. The van der Waals surface area contributed by atoms with Crippen molar-refractivity contribution < 1.29 is 0 Å². The van der Waals surface area contributed by atoms with Crippen molar-refractivity contribution in [2.24, 2.45) is 5.41 Å². The molecule has 1 aliphatic rings. The summed E-state index contributed by atoms with van der Waals surface area (Å²) in [6, 6.07) is 9.00. The van der Waals surface area contributed by atoms with Crippen LogP contribution in [0.2, 0.25) is 0 Å². The molecule has 0 fully saturated rings. The van der Waals surface area contributed by atoms with Crippen molar-refractivity contribution in [1.82, 2.24) is 0 Å². The van der Waals surface area contributed by atoms with Crippen LogP contribution in [0.3, 0.4) is 0 Å². The minimum atomic E-state index is 0.499. The van der Waals surface area contributed by atoms with Crippen LogP contribution in [0.15, 0.2) is 29.2 Å². The van der Waals surface area contributed by atoms with Crippen molar-refractivity contribution in [3.63, 3.8) is 0 Å². The molecule has 2 rings (SSSR count). The molecule has 0 aliphatic carbocycles. The maximum Gasteiger partial charge on any atom is 0.0107 e. The van der Waals surface area contributed by atoms with Gasteiger partial charge < -0.3 is 0 Å². The Balaban J connectivity index is 2.10. The number of halogens is 1. The van der Waals surface area contributed by atoms with Crippen LogP contribution in [0.4, 0.5) is 0 Å². The molecule has 0 radical (unpaired) electrons. The van der Waals surface area contributed by atoms with Crippen molar-refractivity contribution >= 4 is 27.7 Å². The number of rotatable bonds is 7. The smallest absolute Gasteiger partial charge is 0.0107 e. The molecule has 2 atom stereocenters. The second kappa shape index (κ2) is 7.17. The van der Waals surface area contributed by atoms with Gasteiger partial charge in [0.25, 0.3) is 0 Å². The summed E-state index contributed by atoms with van der Waals surface area (Å²) in [4.78, 5) is 1.52. The molecule has 1 aromatic carbocycles. The van der Waals surface area contributed by atoms with Crippen LogP contribution in [0.5, 0.6) is 0 Å². The van der Waals surface area contributed by atoms with Crippen molar-refractivity contribution in [3.05, 3.63) is 29.8 Å². The van der Waals surface area contributed by atoms with Gasteiger partial charge in [-0.1, -0.05) is 60.8 Å². The summed E-state index contributed by atoms with van der Waals surface area (Å²) in [7, 11) is 0. The molecule has 0 aromatic heterocycles. The van der Waals surface area contributed by atoms with E-state index in [4.69, 9.17) is 0 Å². The lowest BCUT2D eigenvalue weighted by molar-refractivity contribution is 0.247. The third kappa shape index (κ3) is 3.58. The second-order valence-electron chi connectivity index (χ2n) is 5.84. The number of thioether (sulfide) groups is 1. The molecule has 0 spiro atoms. The quantitative estimate of drug-likeness (QED) is 0.528. The number of hydrogen-bond donors (Lipinski definition) is 0. The van der Waals surface area contributed by atoms with Gasteiger partial charge in [0.2, 0.25) is 0 Å². The van der Waals surface area contributed by atoms with E-state index in [-0.39, 0.29) is 0 Å². The Bertz CT molecular complexity index is 398. The van der Waals surface area contributed by atoms with Crippen LogP contribution in [-0.4, -0.2) is 11.1 Å². The summed E-state index contributed by atoms with van der Waals surface area (Å²) in [5.74, 6) is 2.04. The minimum Gasteiger partial charge on any atom is -0.125 e. The van der Waals surface area contributed by atoms with Gasteiger partial charge in [0.15, 0.2) is 0 Å². The first-order valence-electron chi connectivity index (χ1n) is 7.52. The van der Waals surface area contributed by atoms with E-state index in [1.165, 1.54) is 42.8 Å². The van der Waals surface area contributed by atoms with E-state index in [2.05, 4.69) is 54.0 Å². The predicted octanol–water partition coefficient (Wildman–Crippen LogP) is 6.25. The van der Waals surface area contributed by atoms with Crippen LogP contribution >= 0.6 is 27.7 Å². The molecule has 0 nitrogen and oxygen atoms in total. The Kier molecular flexibility index (Phi) is 5.83. The molecular weight excluding hydrogens is 316 g/mol. The lowest BCUT2D eigenvalue weighted by atomic mass is 9.74. The van der Waals surface area contributed by atoms with Gasteiger partial charge in [-0.15, -0.1) is 11.8 Å². The van der Waals surface area contributed by atoms with Crippen LogP contribution < -0.4 is 0 Å². The monoisotopic (exact) mass is 340 g/mol. The lowest BCUT2D eigenvalue weighted by Crippen LogP contribution is -2.25.